The highest BCUT2D eigenvalue weighted by molar-refractivity contribution is 5.82. The molecule has 0 amide bonds. The fraction of sp³-hybridized carbons (Fsp3) is 0.556. The van der Waals surface area contributed by atoms with Crippen LogP contribution in [0, 0.1) is 0 Å². The van der Waals surface area contributed by atoms with Gasteiger partial charge in [-0.3, -0.25) is 9.80 Å². The second-order valence-electron chi connectivity index (χ2n) is 6.52. The van der Waals surface area contributed by atoms with Crippen LogP contribution in [0.2, 0.25) is 0 Å². The maximum Gasteiger partial charge on any atom is 0.0594 e. The standard InChI is InChI=1S/C18H25N3O/c1-2-4-18-17(3-1)15(13-19-18)14-20-7-5-16(6-8-20)21-9-11-22-12-10-21/h1-4,13,16,19H,5-12,14H2. The number of ether oxygens (including phenoxy) is 1. The van der Waals surface area contributed by atoms with Crippen molar-refractivity contribution in [1.82, 2.24) is 14.8 Å². The molecule has 0 bridgehead atoms. The Morgan fingerprint density at radius 3 is 2.64 bits per heavy atom. The van der Waals surface area contributed by atoms with E-state index < -0.39 is 0 Å². The van der Waals surface area contributed by atoms with Gasteiger partial charge in [0.1, 0.15) is 0 Å². The smallest absolute Gasteiger partial charge is 0.0594 e. The number of fused-ring (bicyclic) bond motifs is 1. The Labute approximate surface area is 132 Å². The molecule has 1 N–H and O–H groups in total. The molecule has 0 aliphatic carbocycles. The summed E-state index contributed by atoms with van der Waals surface area (Å²) in [5, 5.41) is 1.37. The molecule has 0 unspecified atom stereocenters. The molecule has 2 aromatic rings. The van der Waals surface area contributed by atoms with Gasteiger partial charge in [0.05, 0.1) is 13.2 Å². The zero-order valence-electron chi connectivity index (χ0n) is 13.1. The Morgan fingerprint density at radius 1 is 1.05 bits per heavy atom. The van der Waals surface area contributed by atoms with Crippen LogP contribution in [-0.2, 0) is 11.3 Å². The Hall–Kier alpha value is -1.36. The molecule has 2 aliphatic heterocycles. The predicted molar refractivity (Wildman–Crippen MR) is 89.0 cm³/mol. The van der Waals surface area contributed by atoms with Gasteiger partial charge in [-0.15, -0.1) is 0 Å². The average Bonchev–Trinajstić information content (AvgIpc) is 3.00. The number of piperidine rings is 1. The first-order valence-corrected chi connectivity index (χ1v) is 8.49. The highest BCUT2D eigenvalue weighted by Gasteiger charge is 2.25. The summed E-state index contributed by atoms with van der Waals surface area (Å²) in [6, 6.07) is 9.37. The van der Waals surface area contributed by atoms with Crippen LogP contribution in [-0.4, -0.2) is 60.2 Å². The van der Waals surface area contributed by atoms with Crippen molar-refractivity contribution in [3.63, 3.8) is 0 Å². The van der Waals surface area contributed by atoms with Crippen LogP contribution in [0.3, 0.4) is 0 Å². The van der Waals surface area contributed by atoms with Crippen LogP contribution in [0.1, 0.15) is 18.4 Å². The van der Waals surface area contributed by atoms with Crippen molar-refractivity contribution in [2.24, 2.45) is 0 Å². The highest BCUT2D eigenvalue weighted by atomic mass is 16.5. The number of hydrogen-bond donors (Lipinski definition) is 1. The normalized spacial score (nSPS) is 22.4. The third-order valence-corrected chi connectivity index (χ3v) is 5.19. The van der Waals surface area contributed by atoms with E-state index in [9.17, 15) is 0 Å². The number of benzene rings is 1. The van der Waals surface area contributed by atoms with E-state index >= 15 is 0 Å². The van der Waals surface area contributed by atoms with E-state index in [0.717, 1.165) is 38.9 Å². The minimum Gasteiger partial charge on any atom is -0.379 e. The number of rotatable bonds is 3. The lowest BCUT2D eigenvalue weighted by atomic mass is 10.0. The van der Waals surface area contributed by atoms with E-state index in [1.54, 1.807) is 0 Å². The first-order chi connectivity index (χ1) is 10.9. The molecule has 118 valence electrons. The maximum absolute atomic E-state index is 5.47. The Morgan fingerprint density at radius 2 is 1.82 bits per heavy atom. The predicted octanol–water partition coefficient (Wildman–Crippen LogP) is 2.46. The van der Waals surface area contributed by atoms with Crippen molar-refractivity contribution in [3.8, 4) is 0 Å². The molecule has 2 fully saturated rings. The van der Waals surface area contributed by atoms with E-state index in [4.69, 9.17) is 4.74 Å². The number of H-pyrrole nitrogens is 1. The van der Waals surface area contributed by atoms with Gasteiger partial charge >= 0.3 is 0 Å². The number of hydrogen-bond acceptors (Lipinski definition) is 3. The highest BCUT2D eigenvalue weighted by Crippen LogP contribution is 2.23. The Kier molecular flexibility index (Phi) is 4.15. The van der Waals surface area contributed by atoms with Gasteiger partial charge in [0.25, 0.3) is 0 Å². The molecule has 2 aliphatic rings. The number of likely N-dealkylation sites (tertiary alicyclic amines) is 1. The molecule has 2 saturated heterocycles. The van der Waals surface area contributed by atoms with E-state index in [-0.39, 0.29) is 0 Å². The molecule has 22 heavy (non-hydrogen) atoms. The lowest BCUT2D eigenvalue weighted by molar-refractivity contribution is 0.000262. The minimum absolute atomic E-state index is 0.767. The molecule has 1 aromatic carbocycles. The van der Waals surface area contributed by atoms with Crippen molar-refractivity contribution in [1.29, 1.82) is 0 Å². The SMILES string of the molecule is c1ccc2c(CN3CCC(N4CCOCC4)CC3)c[nH]c2c1. The van der Waals surface area contributed by atoms with Crippen molar-refractivity contribution >= 4 is 10.9 Å². The summed E-state index contributed by atoms with van der Waals surface area (Å²) in [7, 11) is 0. The van der Waals surface area contributed by atoms with Gasteiger partial charge in [0.2, 0.25) is 0 Å². The number of aromatic nitrogens is 1. The van der Waals surface area contributed by atoms with Gasteiger partial charge in [-0.1, -0.05) is 18.2 Å². The summed E-state index contributed by atoms with van der Waals surface area (Å²) in [6.07, 6.45) is 4.77. The summed E-state index contributed by atoms with van der Waals surface area (Å²) in [5.74, 6) is 0. The maximum atomic E-state index is 5.47. The molecule has 3 heterocycles. The van der Waals surface area contributed by atoms with Gasteiger partial charge < -0.3 is 9.72 Å². The van der Waals surface area contributed by atoms with E-state index in [0.29, 0.717) is 0 Å². The number of morpholine rings is 1. The van der Waals surface area contributed by atoms with Crippen LogP contribution >= 0.6 is 0 Å². The third kappa shape index (κ3) is 2.91. The molecule has 4 rings (SSSR count). The molecular formula is C18H25N3O. The summed E-state index contributed by atoms with van der Waals surface area (Å²) < 4.78 is 5.47. The van der Waals surface area contributed by atoms with E-state index in [2.05, 4.69) is 45.2 Å². The van der Waals surface area contributed by atoms with E-state index in [1.807, 2.05) is 0 Å². The molecule has 4 heteroatoms. The Balaban J connectivity index is 1.35. The first kappa shape index (κ1) is 14.2. The zero-order chi connectivity index (χ0) is 14.8. The van der Waals surface area contributed by atoms with Gasteiger partial charge in [0.15, 0.2) is 0 Å². The van der Waals surface area contributed by atoms with Crippen LogP contribution in [0.4, 0.5) is 0 Å². The summed E-state index contributed by atoms with van der Waals surface area (Å²) in [4.78, 5) is 8.62. The monoisotopic (exact) mass is 299 g/mol. The fourth-order valence-electron chi connectivity index (χ4n) is 3.89. The minimum atomic E-state index is 0.767. The summed E-state index contributed by atoms with van der Waals surface area (Å²) >= 11 is 0. The van der Waals surface area contributed by atoms with Gasteiger partial charge in [0, 0.05) is 42.8 Å². The molecule has 4 nitrogen and oxygen atoms in total. The second kappa shape index (κ2) is 6.41. The van der Waals surface area contributed by atoms with Crippen LogP contribution in [0.15, 0.2) is 30.5 Å². The molecular weight excluding hydrogens is 274 g/mol. The van der Waals surface area contributed by atoms with Crippen molar-refractivity contribution in [2.75, 3.05) is 39.4 Å². The number of para-hydroxylation sites is 1. The second-order valence-corrected chi connectivity index (χ2v) is 6.52. The summed E-state index contributed by atoms with van der Waals surface area (Å²) in [5.41, 5.74) is 2.68. The van der Waals surface area contributed by atoms with Crippen LogP contribution in [0.5, 0.6) is 0 Å². The topological polar surface area (TPSA) is 31.5 Å². The summed E-state index contributed by atoms with van der Waals surface area (Å²) in [6.45, 7) is 7.55. The van der Waals surface area contributed by atoms with Gasteiger partial charge in [-0.05, 0) is 37.6 Å². The zero-order valence-corrected chi connectivity index (χ0v) is 13.1. The lowest BCUT2D eigenvalue weighted by Gasteiger charge is -2.40. The lowest BCUT2D eigenvalue weighted by Crippen LogP contribution is -2.48. The quantitative estimate of drug-likeness (QED) is 0.945. The third-order valence-electron chi connectivity index (χ3n) is 5.19. The molecule has 1 aromatic heterocycles. The fourth-order valence-corrected chi connectivity index (χ4v) is 3.89. The number of nitrogens with one attached hydrogen (secondary N) is 1. The number of aromatic amines is 1. The average molecular weight is 299 g/mol. The van der Waals surface area contributed by atoms with Crippen LogP contribution in [0.25, 0.3) is 10.9 Å². The van der Waals surface area contributed by atoms with Crippen molar-refractivity contribution in [3.05, 3.63) is 36.0 Å². The Bertz CT molecular complexity index is 610. The molecule has 0 spiro atoms. The molecule has 0 radical (unpaired) electrons. The van der Waals surface area contributed by atoms with Gasteiger partial charge in [-0.2, -0.15) is 0 Å². The molecule has 0 atom stereocenters. The van der Waals surface area contributed by atoms with E-state index in [1.165, 1.54) is 42.4 Å². The largest absolute Gasteiger partial charge is 0.379 e. The van der Waals surface area contributed by atoms with Crippen molar-refractivity contribution < 1.29 is 4.74 Å². The number of nitrogens with zero attached hydrogens (tertiary/aromatic N) is 2. The molecule has 0 saturated carbocycles. The first-order valence-electron chi connectivity index (χ1n) is 8.49. The van der Waals surface area contributed by atoms with Gasteiger partial charge in [-0.25, -0.2) is 0 Å². The van der Waals surface area contributed by atoms with Crippen molar-refractivity contribution in [2.45, 2.75) is 25.4 Å². The van der Waals surface area contributed by atoms with Crippen LogP contribution < -0.4 is 0 Å².